The minimum atomic E-state index is -0.158. The van der Waals surface area contributed by atoms with E-state index in [1.807, 2.05) is 31.2 Å². The standard InChI is InChI=1S/C15H21BrN2O2/c1-11(8-12-2-4-13(16)5-3-12)18-14(20)17-9-15(10-19)6-7-15/h2-5,11,19H,6-10H2,1H3,(H2,17,18,20). The molecule has 0 spiro atoms. The predicted molar refractivity (Wildman–Crippen MR) is 82.6 cm³/mol. The number of benzene rings is 1. The largest absolute Gasteiger partial charge is 0.396 e. The summed E-state index contributed by atoms with van der Waals surface area (Å²) in [5, 5.41) is 15.0. The molecule has 1 saturated carbocycles. The number of urea groups is 1. The first-order valence-electron chi connectivity index (χ1n) is 6.93. The molecule has 1 atom stereocenters. The van der Waals surface area contributed by atoms with Crippen LogP contribution in [0, 0.1) is 5.41 Å². The van der Waals surface area contributed by atoms with Crippen LogP contribution >= 0.6 is 15.9 Å². The van der Waals surface area contributed by atoms with Gasteiger partial charge >= 0.3 is 6.03 Å². The van der Waals surface area contributed by atoms with Crippen molar-refractivity contribution in [3.8, 4) is 0 Å². The maximum atomic E-state index is 11.8. The Morgan fingerprint density at radius 2 is 2.05 bits per heavy atom. The van der Waals surface area contributed by atoms with Crippen molar-refractivity contribution < 1.29 is 9.90 Å². The third-order valence-electron chi connectivity index (χ3n) is 3.75. The van der Waals surface area contributed by atoms with E-state index in [2.05, 4.69) is 26.6 Å². The Morgan fingerprint density at radius 3 is 2.60 bits per heavy atom. The van der Waals surface area contributed by atoms with Crippen molar-refractivity contribution in [2.24, 2.45) is 5.41 Å². The molecule has 2 rings (SSSR count). The molecular formula is C15H21BrN2O2. The fraction of sp³-hybridized carbons (Fsp3) is 0.533. The van der Waals surface area contributed by atoms with Gasteiger partial charge in [0.25, 0.3) is 0 Å². The first-order chi connectivity index (χ1) is 9.53. The van der Waals surface area contributed by atoms with Gasteiger partial charge in [0.05, 0.1) is 6.61 Å². The molecule has 1 aliphatic carbocycles. The topological polar surface area (TPSA) is 61.4 Å². The van der Waals surface area contributed by atoms with Crippen LogP contribution in [0.15, 0.2) is 28.7 Å². The van der Waals surface area contributed by atoms with Gasteiger partial charge in [-0.25, -0.2) is 4.79 Å². The highest BCUT2D eigenvalue weighted by atomic mass is 79.9. The number of hydrogen-bond acceptors (Lipinski definition) is 2. The number of carbonyl (C=O) groups is 1. The van der Waals surface area contributed by atoms with Crippen molar-refractivity contribution in [3.63, 3.8) is 0 Å². The minimum absolute atomic E-state index is 0.0493. The lowest BCUT2D eigenvalue weighted by atomic mass is 10.1. The van der Waals surface area contributed by atoms with Gasteiger partial charge in [0.15, 0.2) is 0 Å². The zero-order valence-corrected chi connectivity index (χ0v) is 13.2. The number of halogens is 1. The van der Waals surface area contributed by atoms with Crippen LogP contribution in [0.3, 0.4) is 0 Å². The molecule has 4 nitrogen and oxygen atoms in total. The lowest BCUT2D eigenvalue weighted by Crippen LogP contribution is -2.44. The summed E-state index contributed by atoms with van der Waals surface area (Å²) in [5.41, 5.74) is 1.14. The Labute approximate surface area is 128 Å². The smallest absolute Gasteiger partial charge is 0.315 e. The number of hydrogen-bond donors (Lipinski definition) is 3. The van der Waals surface area contributed by atoms with Gasteiger partial charge in [-0.05, 0) is 43.9 Å². The molecule has 3 N–H and O–H groups in total. The van der Waals surface area contributed by atoms with Gasteiger partial charge in [-0.15, -0.1) is 0 Å². The van der Waals surface area contributed by atoms with E-state index < -0.39 is 0 Å². The molecule has 2 amide bonds. The molecule has 1 unspecified atom stereocenters. The highest BCUT2D eigenvalue weighted by Gasteiger charge is 2.42. The lowest BCUT2D eigenvalue weighted by molar-refractivity contribution is 0.202. The van der Waals surface area contributed by atoms with E-state index in [1.54, 1.807) is 0 Å². The molecule has 1 aromatic carbocycles. The fourth-order valence-electron chi connectivity index (χ4n) is 2.14. The van der Waals surface area contributed by atoms with Crippen LogP contribution in [0.2, 0.25) is 0 Å². The van der Waals surface area contributed by atoms with Gasteiger partial charge < -0.3 is 15.7 Å². The van der Waals surface area contributed by atoms with Crippen molar-refractivity contribution in [3.05, 3.63) is 34.3 Å². The highest BCUT2D eigenvalue weighted by molar-refractivity contribution is 9.10. The molecule has 0 radical (unpaired) electrons. The first-order valence-corrected chi connectivity index (χ1v) is 7.72. The maximum Gasteiger partial charge on any atom is 0.315 e. The van der Waals surface area contributed by atoms with Gasteiger partial charge in [-0.3, -0.25) is 0 Å². The molecule has 0 heterocycles. The summed E-state index contributed by atoms with van der Waals surface area (Å²) in [6.45, 7) is 2.70. The van der Waals surface area contributed by atoms with E-state index in [4.69, 9.17) is 0 Å². The van der Waals surface area contributed by atoms with Crippen LogP contribution in [0.25, 0.3) is 0 Å². The van der Waals surface area contributed by atoms with Crippen LogP contribution in [0.4, 0.5) is 4.79 Å². The summed E-state index contributed by atoms with van der Waals surface area (Å²) in [7, 11) is 0. The molecule has 1 aromatic rings. The highest BCUT2D eigenvalue weighted by Crippen LogP contribution is 2.44. The van der Waals surface area contributed by atoms with Crippen LogP contribution in [0.5, 0.6) is 0 Å². The zero-order chi connectivity index (χ0) is 14.6. The van der Waals surface area contributed by atoms with Crippen molar-refractivity contribution >= 4 is 22.0 Å². The van der Waals surface area contributed by atoms with Gasteiger partial charge in [-0.1, -0.05) is 28.1 Å². The second-order valence-corrected chi connectivity index (χ2v) is 6.63. The summed E-state index contributed by atoms with van der Waals surface area (Å²) in [6.07, 6.45) is 2.79. The van der Waals surface area contributed by atoms with Crippen molar-refractivity contribution in [1.29, 1.82) is 0 Å². The number of aliphatic hydroxyl groups is 1. The van der Waals surface area contributed by atoms with Crippen molar-refractivity contribution in [1.82, 2.24) is 10.6 Å². The summed E-state index contributed by atoms with van der Waals surface area (Å²) in [5.74, 6) is 0. The maximum absolute atomic E-state index is 11.8. The molecule has 5 heteroatoms. The van der Waals surface area contributed by atoms with Crippen molar-refractivity contribution in [2.45, 2.75) is 32.2 Å². The zero-order valence-electron chi connectivity index (χ0n) is 11.7. The number of rotatable bonds is 6. The summed E-state index contributed by atoms with van der Waals surface area (Å²) < 4.78 is 1.05. The van der Waals surface area contributed by atoms with E-state index in [1.165, 1.54) is 5.56 Å². The molecule has 110 valence electrons. The lowest BCUT2D eigenvalue weighted by Gasteiger charge is -2.17. The van der Waals surface area contributed by atoms with Gasteiger partial charge in [0, 0.05) is 22.5 Å². The van der Waals surface area contributed by atoms with Crippen LogP contribution < -0.4 is 10.6 Å². The molecule has 1 aliphatic rings. The van der Waals surface area contributed by atoms with Gasteiger partial charge in [0.1, 0.15) is 0 Å². The Morgan fingerprint density at radius 1 is 1.40 bits per heavy atom. The minimum Gasteiger partial charge on any atom is -0.396 e. The van der Waals surface area contributed by atoms with E-state index in [0.717, 1.165) is 23.7 Å². The molecule has 20 heavy (non-hydrogen) atoms. The van der Waals surface area contributed by atoms with Crippen molar-refractivity contribution in [2.75, 3.05) is 13.2 Å². The number of nitrogens with one attached hydrogen (secondary N) is 2. The molecule has 0 aromatic heterocycles. The van der Waals surface area contributed by atoms with E-state index in [-0.39, 0.29) is 24.1 Å². The second-order valence-electron chi connectivity index (χ2n) is 5.72. The number of amides is 2. The predicted octanol–water partition coefficient (Wildman–Crippen LogP) is 2.45. The SMILES string of the molecule is CC(Cc1ccc(Br)cc1)NC(=O)NCC1(CO)CC1. The average molecular weight is 341 g/mol. The molecule has 1 fully saturated rings. The Bertz CT molecular complexity index is 457. The number of aliphatic hydroxyl groups excluding tert-OH is 1. The Hall–Kier alpha value is -1.07. The average Bonchev–Trinajstić information content (AvgIpc) is 3.20. The molecule has 0 bridgehead atoms. The molecular weight excluding hydrogens is 320 g/mol. The molecule has 0 aliphatic heterocycles. The van der Waals surface area contributed by atoms with Gasteiger partial charge in [0.2, 0.25) is 0 Å². The summed E-state index contributed by atoms with van der Waals surface area (Å²) >= 11 is 3.40. The van der Waals surface area contributed by atoms with E-state index in [0.29, 0.717) is 6.54 Å². The second kappa shape index (κ2) is 6.59. The van der Waals surface area contributed by atoms with Crippen LogP contribution in [-0.4, -0.2) is 30.3 Å². The monoisotopic (exact) mass is 340 g/mol. The van der Waals surface area contributed by atoms with Gasteiger partial charge in [-0.2, -0.15) is 0 Å². The van der Waals surface area contributed by atoms with E-state index >= 15 is 0 Å². The van der Waals surface area contributed by atoms with Crippen LogP contribution in [-0.2, 0) is 6.42 Å². The normalized spacial score (nSPS) is 17.4. The number of carbonyl (C=O) groups excluding carboxylic acids is 1. The Balaban J connectivity index is 1.72. The third-order valence-corrected chi connectivity index (χ3v) is 4.28. The fourth-order valence-corrected chi connectivity index (χ4v) is 2.40. The first kappa shape index (κ1) is 15.3. The summed E-state index contributed by atoms with van der Waals surface area (Å²) in [6, 6.07) is 8.01. The van der Waals surface area contributed by atoms with E-state index in [9.17, 15) is 9.90 Å². The van der Waals surface area contributed by atoms with Crippen LogP contribution in [0.1, 0.15) is 25.3 Å². The Kier molecular flexibility index (Phi) is 5.05. The third kappa shape index (κ3) is 4.49. The molecule has 0 saturated heterocycles. The summed E-state index contributed by atoms with van der Waals surface area (Å²) in [4.78, 5) is 11.8. The quantitative estimate of drug-likeness (QED) is 0.744.